The number of pyridine rings is 1. The first-order valence-corrected chi connectivity index (χ1v) is 6.02. The van der Waals surface area contributed by atoms with Crippen molar-refractivity contribution in [2.45, 2.75) is 30.2 Å². The summed E-state index contributed by atoms with van der Waals surface area (Å²) in [5, 5.41) is 8.19. The summed E-state index contributed by atoms with van der Waals surface area (Å²) in [5.74, 6) is -1.23. The summed E-state index contributed by atoms with van der Waals surface area (Å²) in [4.78, 5) is 14.4. The predicted octanol–water partition coefficient (Wildman–Crippen LogP) is 3.30. The van der Waals surface area contributed by atoms with Gasteiger partial charge in [0.25, 0.3) is 0 Å². The molecule has 1 unspecified atom stereocenters. The number of hydrogen-bond acceptors (Lipinski definition) is 3. The Hall–Kier alpha value is -1.24. The van der Waals surface area contributed by atoms with E-state index in [1.165, 1.54) is 6.07 Å². The minimum atomic E-state index is -4.52. The molecule has 0 spiro atoms. The van der Waals surface area contributed by atoms with Gasteiger partial charge in [-0.15, -0.1) is 11.8 Å². The molecule has 1 rings (SSSR count). The molecule has 1 atom stereocenters. The Morgan fingerprint density at radius 1 is 1.44 bits per heavy atom. The van der Waals surface area contributed by atoms with Gasteiger partial charge in [-0.2, -0.15) is 13.2 Å². The fraction of sp³-hybridized carbons (Fsp3) is 0.455. The lowest BCUT2D eigenvalue weighted by atomic mass is 10.1. The first-order chi connectivity index (χ1) is 8.21. The van der Waals surface area contributed by atoms with Crippen molar-refractivity contribution >= 4 is 17.7 Å². The number of nitrogens with zero attached hydrogens (tertiary/aromatic N) is 1. The van der Waals surface area contributed by atoms with Gasteiger partial charge in [0.15, 0.2) is 0 Å². The molecule has 0 bridgehead atoms. The molecule has 0 saturated carbocycles. The topological polar surface area (TPSA) is 50.2 Å². The van der Waals surface area contributed by atoms with E-state index in [4.69, 9.17) is 5.11 Å². The zero-order valence-electron chi connectivity index (χ0n) is 9.73. The molecule has 0 saturated heterocycles. The molecule has 0 aliphatic heterocycles. The van der Waals surface area contributed by atoms with Gasteiger partial charge in [0.05, 0.1) is 0 Å². The second-order valence-electron chi connectivity index (χ2n) is 4.00. The fourth-order valence-corrected chi connectivity index (χ4v) is 2.24. The van der Waals surface area contributed by atoms with Crippen LogP contribution in [0.15, 0.2) is 23.2 Å². The maximum atomic E-state index is 12.4. The van der Waals surface area contributed by atoms with E-state index in [-0.39, 0.29) is 10.8 Å². The van der Waals surface area contributed by atoms with Crippen molar-refractivity contribution in [3.8, 4) is 0 Å². The third kappa shape index (κ3) is 3.90. The highest BCUT2D eigenvalue weighted by atomic mass is 32.2. The van der Waals surface area contributed by atoms with E-state index in [0.717, 1.165) is 24.0 Å². The highest BCUT2D eigenvalue weighted by Crippen LogP contribution is 2.33. The lowest BCUT2D eigenvalue weighted by Gasteiger charge is -2.16. The summed E-state index contributed by atoms with van der Waals surface area (Å²) in [5.41, 5.74) is -1.01. The molecule has 100 valence electrons. The van der Waals surface area contributed by atoms with E-state index in [1.807, 2.05) is 0 Å². The Bertz CT molecular complexity index is 435. The largest absolute Gasteiger partial charge is 0.480 e. The van der Waals surface area contributed by atoms with E-state index in [0.29, 0.717) is 0 Å². The van der Waals surface area contributed by atoms with Crippen LogP contribution in [-0.4, -0.2) is 21.3 Å². The smallest absolute Gasteiger partial charge is 0.433 e. The molecule has 7 heteroatoms. The Labute approximate surface area is 106 Å². The highest BCUT2D eigenvalue weighted by Gasteiger charge is 2.33. The minimum absolute atomic E-state index is 0.185. The van der Waals surface area contributed by atoms with Gasteiger partial charge < -0.3 is 5.11 Å². The minimum Gasteiger partial charge on any atom is -0.480 e. The quantitative estimate of drug-likeness (QED) is 0.859. The Balaban J connectivity index is 2.94. The monoisotopic (exact) mass is 279 g/mol. The van der Waals surface area contributed by atoms with E-state index in [9.17, 15) is 18.0 Å². The maximum Gasteiger partial charge on any atom is 0.433 e. The third-order valence-corrected chi connectivity index (χ3v) is 3.66. The van der Waals surface area contributed by atoms with Crippen molar-refractivity contribution in [2.24, 2.45) is 5.92 Å². The van der Waals surface area contributed by atoms with Gasteiger partial charge in [-0.25, -0.2) is 0 Å². The van der Waals surface area contributed by atoms with Gasteiger partial charge >= 0.3 is 12.1 Å². The van der Waals surface area contributed by atoms with Crippen LogP contribution >= 0.6 is 11.8 Å². The molecule has 0 fully saturated rings. The van der Waals surface area contributed by atoms with Crippen LogP contribution in [0.4, 0.5) is 13.2 Å². The number of rotatable bonds is 4. The van der Waals surface area contributed by atoms with E-state index < -0.39 is 23.1 Å². The van der Waals surface area contributed by atoms with Gasteiger partial charge in [-0.1, -0.05) is 13.8 Å². The number of hydrogen-bond donors (Lipinski definition) is 1. The number of halogens is 3. The molecule has 0 radical (unpaired) electrons. The summed E-state index contributed by atoms with van der Waals surface area (Å²) in [7, 11) is 0. The van der Waals surface area contributed by atoms with Crippen LogP contribution in [-0.2, 0) is 11.0 Å². The molecular formula is C11H12F3NO2S. The maximum absolute atomic E-state index is 12.4. The molecule has 1 N–H and O–H groups in total. The summed E-state index contributed by atoms with van der Waals surface area (Å²) < 4.78 is 37.3. The summed E-state index contributed by atoms with van der Waals surface area (Å²) >= 11 is 0.896. The van der Waals surface area contributed by atoms with Crippen LogP contribution < -0.4 is 0 Å². The molecule has 0 aromatic carbocycles. The number of aromatic nitrogens is 1. The van der Waals surface area contributed by atoms with Gasteiger partial charge in [-0.05, 0) is 18.1 Å². The van der Waals surface area contributed by atoms with Crippen molar-refractivity contribution in [3.63, 3.8) is 0 Å². The number of aliphatic carboxylic acids is 1. The van der Waals surface area contributed by atoms with Crippen molar-refractivity contribution in [2.75, 3.05) is 0 Å². The van der Waals surface area contributed by atoms with Crippen molar-refractivity contribution in [1.82, 2.24) is 4.98 Å². The lowest BCUT2D eigenvalue weighted by molar-refractivity contribution is -0.141. The van der Waals surface area contributed by atoms with E-state index in [2.05, 4.69) is 4.98 Å². The molecule has 1 aromatic heterocycles. The second-order valence-corrected chi connectivity index (χ2v) is 5.21. The van der Waals surface area contributed by atoms with Crippen LogP contribution in [0, 0.1) is 5.92 Å². The van der Waals surface area contributed by atoms with Crippen molar-refractivity contribution in [1.29, 1.82) is 0 Å². The Morgan fingerprint density at radius 2 is 2.06 bits per heavy atom. The Kier molecular flexibility index (Phi) is 4.61. The zero-order chi connectivity index (χ0) is 13.9. The normalized spacial score (nSPS) is 13.7. The summed E-state index contributed by atoms with van der Waals surface area (Å²) in [6, 6.07) is 2.24. The van der Waals surface area contributed by atoms with E-state index >= 15 is 0 Å². The average molecular weight is 279 g/mol. The van der Waals surface area contributed by atoms with Crippen molar-refractivity contribution < 1.29 is 23.1 Å². The molecule has 3 nitrogen and oxygen atoms in total. The number of carboxylic acids is 1. The third-order valence-electron chi connectivity index (χ3n) is 2.13. The average Bonchev–Trinajstić information content (AvgIpc) is 2.24. The number of carboxylic acid groups (broad SMARTS) is 1. The van der Waals surface area contributed by atoms with Crippen LogP contribution in [0.2, 0.25) is 0 Å². The zero-order valence-corrected chi connectivity index (χ0v) is 10.5. The number of carbonyl (C=O) groups is 1. The van der Waals surface area contributed by atoms with Gasteiger partial charge in [0.2, 0.25) is 0 Å². The first kappa shape index (κ1) is 14.8. The highest BCUT2D eigenvalue weighted by molar-refractivity contribution is 8.00. The lowest BCUT2D eigenvalue weighted by Crippen LogP contribution is -2.22. The molecule has 1 heterocycles. The van der Waals surface area contributed by atoms with Crippen LogP contribution in [0.3, 0.4) is 0 Å². The van der Waals surface area contributed by atoms with Gasteiger partial charge in [-0.3, -0.25) is 9.78 Å². The van der Waals surface area contributed by atoms with Crippen LogP contribution in [0.5, 0.6) is 0 Å². The summed E-state index contributed by atoms with van der Waals surface area (Å²) in [6.07, 6.45) is -3.49. The standard InChI is InChI=1S/C11H12F3NO2S/c1-6(2)9(10(16)17)18-7-3-4-15-8(5-7)11(12,13)14/h3-6,9H,1-2H3,(H,16,17). The van der Waals surface area contributed by atoms with Gasteiger partial charge in [0, 0.05) is 11.1 Å². The summed E-state index contributed by atoms with van der Waals surface area (Å²) in [6.45, 7) is 3.41. The number of thioether (sulfide) groups is 1. The van der Waals surface area contributed by atoms with E-state index in [1.54, 1.807) is 13.8 Å². The van der Waals surface area contributed by atoms with Crippen LogP contribution in [0.25, 0.3) is 0 Å². The molecule has 0 aliphatic rings. The molecule has 0 amide bonds. The Morgan fingerprint density at radius 3 is 2.50 bits per heavy atom. The van der Waals surface area contributed by atoms with Crippen molar-refractivity contribution in [3.05, 3.63) is 24.0 Å². The second kappa shape index (κ2) is 5.60. The van der Waals surface area contributed by atoms with Crippen LogP contribution in [0.1, 0.15) is 19.5 Å². The molecule has 18 heavy (non-hydrogen) atoms. The number of alkyl halides is 3. The molecule has 1 aromatic rings. The molecule has 0 aliphatic carbocycles. The fourth-order valence-electron chi connectivity index (χ4n) is 1.26. The first-order valence-electron chi connectivity index (χ1n) is 5.14. The SMILES string of the molecule is CC(C)C(Sc1ccnc(C(F)(F)F)c1)C(=O)O. The predicted molar refractivity (Wildman–Crippen MR) is 61.4 cm³/mol. The van der Waals surface area contributed by atoms with Gasteiger partial charge in [0.1, 0.15) is 10.9 Å². The molecular weight excluding hydrogens is 267 g/mol.